The van der Waals surface area contributed by atoms with Crippen molar-refractivity contribution in [2.24, 2.45) is 11.3 Å². The summed E-state index contributed by atoms with van der Waals surface area (Å²) in [6.07, 6.45) is 5.48. The Labute approximate surface area is 125 Å². The fraction of sp³-hybridized carbons (Fsp3) is 0.824. The Bertz CT molecular complexity index is 383. The summed E-state index contributed by atoms with van der Waals surface area (Å²) in [5.41, 5.74) is 1.52. The SMILES string of the molecule is CCC(C)n1ccc(CC(C)(CC)CNCC(C)C)n1. The lowest BCUT2D eigenvalue weighted by molar-refractivity contribution is 0.281. The third-order valence-electron chi connectivity index (χ3n) is 4.27. The van der Waals surface area contributed by atoms with Crippen LogP contribution in [0, 0.1) is 11.3 Å². The highest BCUT2D eigenvalue weighted by molar-refractivity contribution is 5.03. The smallest absolute Gasteiger partial charge is 0.0630 e. The number of nitrogens with one attached hydrogen (secondary N) is 1. The summed E-state index contributed by atoms with van der Waals surface area (Å²) in [4.78, 5) is 0. The monoisotopic (exact) mass is 279 g/mol. The lowest BCUT2D eigenvalue weighted by Crippen LogP contribution is -2.35. The lowest BCUT2D eigenvalue weighted by Gasteiger charge is -2.28. The molecular weight excluding hydrogens is 246 g/mol. The van der Waals surface area contributed by atoms with Crippen molar-refractivity contribution < 1.29 is 0 Å². The molecule has 0 saturated heterocycles. The Morgan fingerprint density at radius 3 is 2.55 bits per heavy atom. The molecule has 0 aromatic carbocycles. The second-order valence-corrected chi connectivity index (χ2v) is 6.91. The molecule has 1 N–H and O–H groups in total. The molecule has 1 rings (SSSR count). The quantitative estimate of drug-likeness (QED) is 0.739. The molecule has 2 atom stereocenters. The second-order valence-electron chi connectivity index (χ2n) is 6.91. The van der Waals surface area contributed by atoms with Gasteiger partial charge in [0.05, 0.1) is 5.69 Å². The fourth-order valence-corrected chi connectivity index (χ4v) is 2.32. The normalized spacial score (nSPS) is 16.4. The average molecular weight is 279 g/mol. The van der Waals surface area contributed by atoms with Gasteiger partial charge in [-0.1, -0.05) is 34.6 Å². The van der Waals surface area contributed by atoms with Crippen molar-refractivity contribution in [3.05, 3.63) is 18.0 Å². The molecule has 1 aromatic rings. The van der Waals surface area contributed by atoms with E-state index in [-0.39, 0.29) is 0 Å². The molecule has 0 aliphatic heterocycles. The van der Waals surface area contributed by atoms with Gasteiger partial charge in [0.1, 0.15) is 0 Å². The van der Waals surface area contributed by atoms with E-state index in [0.717, 1.165) is 25.9 Å². The van der Waals surface area contributed by atoms with E-state index < -0.39 is 0 Å². The van der Waals surface area contributed by atoms with E-state index in [2.05, 4.69) is 63.8 Å². The number of hydrogen-bond donors (Lipinski definition) is 1. The van der Waals surface area contributed by atoms with Crippen LogP contribution in [-0.4, -0.2) is 22.9 Å². The zero-order valence-electron chi connectivity index (χ0n) is 14.2. The molecule has 0 fully saturated rings. The Balaban J connectivity index is 2.60. The zero-order chi connectivity index (χ0) is 15.2. The summed E-state index contributed by atoms with van der Waals surface area (Å²) < 4.78 is 2.10. The van der Waals surface area contributed by atoms with Crippen LogP contribution in [0.3, 0.4) is 0 Å². The van der Waals surface area contributed by atoms with E-state index in [0.29, 0.717) is 17.4 Å². The van der Waals surface area contributed by atoms with Crippen molar-refractivity contribution in [3.8, 4) is 0 Å². The molecule has 0 aliphatic rings. The molecular formula is C17H33N3. The predicted molar refractivity (Wildman–Crippen MR) is 87.0 cm³/mol. The summed E-state index contributed by atoms with van der Waals surface area (Å²) in [6.45, 7) is 15.7. The van der Waals surface area contributed by atoms with Crippen molar-refractivity contribution in [2.75, 3.05) is 13.1 Å². The maximum Gasteiger partial charge on any atom is 0.0630 e. The molecule has 0 bridgehead atoms. The molecule has 0 radical (unpaired) electrons. The Morgan fingerprint density at radius 2 is 2.00 bits per heavy atom. The third-order valence-corrected chi connectivity index (χ3v) is 4.27. The van der Waals surface area contributed by atoms with Crippen LogP contribution in [0.25, 0.3) is 0 Å². The average Bonchev–Trinajstić information content (AvgIpc) is 2.85. The van der Waals surface area contributed by atoms with Gasteiger partial charge in [-0.2, -0.15) is 5.10 Å². The van der Waals surface area contributed by atoms with Crippen molar-refractivity contribution in [3.63, 3.8) is 0 Å². The van der Waals surface area contributed by atoms with Gasteiger partial charge in [-0.25, -0.2) is 0 Å². The molecule has 0 saturated carbocycles. The van der Waals surface area contributed by atoms with Crippen LogP contribution in [0.15, 0.2) is 12.3 Å². The molecule has 20 heavy (non-hydrogen) atoms. The molecule has 116 valence electrons. The maximum absolute atomic E-state index is 4.75. The fourth-order valence-electron chi connectivity index (χ4n) is 2.32. The largest absolute Gasteiger partial charge is 0.316 e. The molecule has 3 nitrogen and oxygen atoms in total. The van der Waals surface area contributed by atoms with Crippen LogP contribution < -0.4 is 5.32 Å². The van der Waals surface area contributed by atoms with Gasteiger partial charge in [0.25, 0.3) is 0 Å². The van der Waals surface area contributed by atoms with Gasteiger partial charge in [0.15, 0.2) is 0 Å². The topological polar surface area (TPSA) is 29.9 Å². The van der Waals surface area contributed by atoms with Crippen LogP contribution >= 0.6 is 0 Å². The van der Waals surface area contributed by atoms with E-state index in [1.165, 1.54) is 12.1 Å². The van der Waals surface area contributed by atoms with Crippen molar-refractivity contribution in [1.29, 1.82) is 0 Å². The molecule has 1 aromatic heterocycles. The first-order valence-electron chi connectivity index (χ1n) is 8.15. The van der Waals surface area contributed by atoms with E-state index in [9.17, 15) is 0 Å². The number of aromatic nitrogens is 2. The molecule has 3 heteroatoms. The minimum absolute atomic E-state index is 0.295. The number of hydrogen-bond acceptors (Lipinski definition) is 2. The summed E-state index contributed by atoms with van der Waals surface area (Å²) in [5.74, 6) is 0.709. The standard InChI is InChI=1S/C17H33N3/c1-7-15(5)20-10-9-16(19-20)11-17(6,8-2)13-18-12-14(3)4/h9-10,14-15,18H,7-8,11-13H2,1-6H3. The predicted octanol–water partition coefficient (Wildman–Crippen LogP) is 4.06. The minimum Gasteiger partial charge on any atom is -0.316 e. The van der Waals surface area contributed by atoms with Gasteiger partial charge in [0.2, 0.25) is 0 Å². The Hall–Kier alpha value is -0.830. The van der Waals surface area contributed by atoms with Crippen LogP contribution in [0.2, 0.25) is 0 Å². The van der Waals surface area contributed by atoms with Gasteiger partial charge in [-0.3, -0.25) is 4.68 Å². The molecule has 0 spiro atoms. The minimum atomic E-state index is 0.295. The van der Waals surface area contributed by atoms with Crippen LogP contribution in [0.1, 0.15) is 66.1 Å². The van der Waals surface area contributed by atoms with Crippen LogP contribution in [0.5, 0.6) is 0 Å². The molecule has 1 heterocycles. The number of nitrogens with zero attached hydrogens (tertiary/aromatic N) is 2. The van der Waals surface area contributed by atoms with Gasteiger partial charge in [-0.15, -0.1) is 0 Å². The van der Waals surface area contributed by atoms with Crippen LogP contribution in [-0.2, 0) is 6.42 Å². The van der Waals surface area contributed by atoms with E-state index in [1.807, 2.05) is 0 Å². The Kier molecular flexibility index (Phi) is 6.74. The Morgan fingerprint density at radius 1 is 1.30 bits per heavy atom. The summed E-state index contributed by atoms with van der Waals surface area (Å²) in [6, 6.07) is 2.68. The van der Waals surface area contributed by atoms with Gasteiger partial charge < -0.3 is 5.32 Å². The van der Waals surface area contributed by atoms with E-state index in [1.54, 1.807) is 0 Å². The lowest BCUT2D eigenvalue weighted by atomic mass is 9.82. The first-order valence-corrected chi connectivity index (χ1v) is 8.15. The highest BCUT2D eigenvalue weighted by atomic mass is 15.3. The van der Waals surface area contributed by atoms with Gasteiger partial charge in [0, 0.05) is 18.8 Å². The second kappa shape index (κ2) is 7.82. The first kappa shape index (κ1) is 17.2. The first-order chi connectivity index (χ1) is 9.40. The van der Waals surface area contributed by atoms with E-state index >= 15 is 0 Å². The highest BCUT2D eigenvalue weighted by Gasteiger charge is 2.23. The summed E-state index contributed by atoms with van der Waals surface area (Å²) in [5, 5.41) is 8.35. The van der Waals surface area contributed by atoms with Crippen LogP contribution in [0.4, 0.5) is 0 Å². The zero-order valence-corrected chi connectivity index (χ0v) is 14.2. The van der Waals surface area contributed by atoms with Gasteiger partial charge >= 0.3 is 0 Å². The third kappa shape index (κ3) is 5.28. The van der Waals surface area contributed by atoms with Crippen molar-refractivity contribution in [1.82, 2.24) is 15.1 Å². The maximum atomic E-state index is 4.75. The molecule has 2 unspecified atom stereocenters. The molecule has 0 amide bonds. The van der Waals surface area contributed by atoms with Gasteiger partial charge in [-0.05, 0) is 50.1 Å². The number of rotatable bonds is 9. The highest BCUT2D eigenvalue weighted by Crippen LogP contribution is 2.25. The van der Waals surface area contributed by atoms with Crippen molar-refractivity contribution >= 4 is 0 Å². The summed E-state index contributed by atoms with van der Waals surface area (Å²) in [7, 11) is 0. The van der Waals surface area contributed by atoms with E-state index in [4.69, 9.17) is 5.10 Å². The summed E-state index contributed by atoms with van der Waals surface area (Å²) >= 11 is 0. The molecule has 0 aliphatic carbocycles. The van der Waals surface area contributed by atoms with Crippen molar-refractivity contribution in [2.45, 2.75) is 66.8 Å².